The number of carbonyl (C=O) groups is 2. The number of aliphatic hydroxyl groups is 2. The molecule has 0 spiro atoms. The van der Waals surface area contributed by atoms with Gasteiger partial charge in [-0.25, -0.2) is 0 Å². The second-order valence-corrected chi connectivity index (χ2v) is 17.6. The quantitative estimate of drug-likeness (QED) is 0.0314. The molecule has 0 aromatic heterocycles. The number of oxime groups is 1. The summed E-state index contributed by atoms with van der Waals surface area (Å²) in [5, 5.41) is 36.7. The summed E-state index contributed by atoms with van der Waals surface area (Å²) < 4.78 is 26.6. The molecule has 0 bridgehead atoms. The molecule has 2 N–H and O–H groups in total. The summed E-state index contributed by atoms with van der Waals surface area (Å²) in [7, 11) is 1.51. The largest absolute Gasteiger partial charge is 0.496 e. The fourth-order valence-corrected chi connectivity index (χ4v) is 10.6. The van der Waals surface area contributed by atoms with Crippen LogP contribution in [0.5, 0.6) is 23.0 Å². The lowest BCUT2D eigenvalue weighted by Crippen LogP contribution is -2.70. The molecule has 6 atom stereocenters. The Kier molecular flexibility index (Phi) is 15.4. The number of aliphatic hydroxyl groups excluding tert-OH is 2. The zero-order valence-corrected chi connectivity index (χ0v) is 38.7. The van der Waals surface area contributed by atoms with Crippen LogP contribution in [0.4, 0.5) is 0 Å². The van der Waals surface area contributed by atoms with Crippen molar-refractivity contribution >= 4 is 28.7 Å². The molecular weight excluding hydrogens is 859 g/mol. The van der Waals surface area contributed by atoms with Crippen molar-refractivity contribution in [1.29, 1.82) is 5.26 Å². The molecule has 68 heavy (non-hydrogen) atoms. The number of fused-ring (bicyclic) bond motifs is 3. The van der Waals surface area contributed by atoms with Crippen molar-refractivity contribution in [3.05, 3.63) is 155 Å². The molecule has 1 amide bonds. The lowest BCUT2D eigenvalue weighted by Gasteiger charge is -2.60. The van der Waals surface area contributed by atoms with Gasteiger partial charge in [0.2, 0.25) is 5.79 Å². The maximum atomic E-state index is 15.6. The third-order valence-corrected chi connectivity index (χ3v) is 13.6. The van der Waals surface area contributed by atoms with Gasteiger partial charge in [0.25, 0.3) is 5.91 Å². The Hall–Kier alpha value is -6.78. The van der Waals surface area contributed by atoms with E-state index in [1.165, 1.54) is 7.11 Å². The first-order valence-corrected chi connectivity index (χ1v) is 23.6. The van der Waals surface area contributed by atoms with Crippen molar-refractivity contribution < 1.29 is 43.6 Å². The van der Waals surface area contributed by atoms with E-state index in [1.54, 1.807) is 48.5 Å². The Morgan fingerprint density at radius 1 is 0.956 bits per heavy atom. The molecule has 1 aliphatic heterocycles. The number of allylic oxidation sites excluding steroid dienone is 1. The lowest BCUT2D eigenvalue weighted by atomic mass is 9.55. The molecule has 0 unspecified atom stereocenters. The number of hydrogen-bond acceptors (Lipinski definition) is 11. The van der Waals surface area contributed by atoms with Crippen molar-refractivity contribution in [3.8, 4) is 29.1 Å². The van der Waals surface area contributed by atoms with E-state index in [4.69, 9.17) is 28.9 Å². The third-order valence-electron chi connectivity index (χ3n) is 13.6. The fraction of sp³-hybridized carbons (Fsp3) is 0.357. The van der Waals surface area contributed by atoms with Crippen LogP contribution in [0.1, 0.15) is 95.2 Å². The molecule has 0 radical (unpaired) electrons. The highest BCUT2D eigenvalue weighted by molar-refractivity contribution is 6.03. The minimum atomic E-state index is -1.52. The van der Waals surface area contributed by atoms with E-state index in [9.17, 15) is 20.3 Å². The van der Waals surface area contributed by atoms with E-state index < -0.39 is 17.7 Å². The van der Waals surface area contributed by atoms with Crippen molar-refractivity contribution in [3.63, 3.8) is 0 Å². The lowest BCUT2D eigenvalue weighted by molar-refractivity contribution is -0.255. The highest BCUT2D eigenvalue weighted by atomic mass is 16.7. The minimum absolute atomic E-state index is 0.0194. The molecule has 12 nitrogen and oxygen atoms in total. The van der Waals surface area contributed by atoms with Gasteiger partial charge < -0.3 is 38.9 Å². The number of carbonyl (C=O) groups excluding carboxylic acids is 2. The number of benzene rings is 5. The Morgan fingerprint density at radius 3 is 2.44 bits per heavy atom. The van der Waals surface area contributed by atoms with E-state index in [-0.39, 0.29) is 56.4 Å². The van der Waals surface area contributed by atoms with Crippen LogP contribution in [0.25, 0.3) is 10.8 Å². The summed E-state index contributed by atoms with van der Waals surface area (Å²) in [6.07, 6.45) is 9.31. The van der Waals surface area contributed by atoms with Crippen LogP contribution in [0, 0.1) is 29.1 Å². The first kappa shape index (κ1) is 47.7. The molecule has 12 heteroatoms. The molecule has 2 aliphatic carbocycles. The van der Waals surface area contributed by atoms with Crippen LogP contribution in [0.15, 0.2) is 133 Å². The molecular formula is C56H59N3O9. The third kappa shape index (κ3) is 9.65. The summed E-state index contributed by atoms with van der Waals surface area (Å²) in [5.41, 5.74) is 4.59. The number of nitriles is 1. The normalized spacial score (nSPS) is 21.9. The minimum Gasteiger partial charge on any atom is -0.496 e. The Morgan fingerprint density at radius 2 is 1.71 bits per heavy atom. The topological polar surface area (TPSA) is 160 Å². The second kappa shape index (κ2) is 21.9. The number of ether oxygens (including phenoxy) is 4. The number of methoxy groups -OCH3 is 1. The number of amides is 1. The summed E-state index contributed by atoms with van der Waals surface area (Å²) in [6, 6.07) is 33.1. The van der Waals surface area contributed by atoms with Gasteiger partial charge >= 0.3 is 0 Å². The second-order valence-electron chi connectivity index (χ2n) is 17.6. The molecule has 0 saturated heterocycles. The van der Waals surface area contributed by atoms with Gasteiger partial charge in [0.15, 0.2) is 6.29 Å². The number of hydrogen-bond donors (Lipinski definition) is 2. The molecule has 1 fully saturated rings. The zero-order valence-electron chi connectivity index (χ0n) is 38.7. The van der Waals surface area contributed by atoms with Gasteiger partial charge in [-0.1, -0.05) is 72.6 Å². The van der Waals surface area contributed by atoms with Crippen molar-refractivity contribution in [1.82, 2.24) is 4.90 Å². The van der Waals surface area contributed by atoms with E-state index in [1.807, 2.05) is 54.3 Å². The van der Waals surface area contributed by atoms with E-state index >= 15 is 4.79 Å². The summed E-state index contributed by atoms with van der Waals surface area (Å²) in [4.78, 5) is 35.4. The number of nitrogens with zero attached hydrogens (tertiary/aromatic N) is 3. The van der Waals surface area contributed by atoms with Gasteiger partial charge in [0, 0.05) is 43.2 Å². The van der Waals surface area contributed by atoms with Gasteiger partial charge in [0.05, 0.1) is 42.5 Å². The number of rotatable bonds is 21. The monoisotopic (exact) mass is 917 g/mol. The molecule has 3 aliphatic rings. The molecule has 1 saturated carbocycles. The Bertz CT molecular complexity index is 2700. The SMILES string of the molecule is C=CCO[C@@]12Oc3ccc(Oc4ccc(OC)c(C=O)c4)cc3[C@H]3[C@H](CCCCO)[C@@H](CCCCO)C=C(C(=NOCC)C[C@@H]1N(Cc1cccc4ccccc14)C(=O)c1ccc(C#N)cc1)[C@H]32. The smallest absolute Gasteiger partial charge is 0.254 e. The number of aldehydes is 1. The maximum Gasteiger partial charge on any atom is 0.254 e. The van der Waals surface area contributed by atoms with Crippen molar-refractivity contribution in [2.24, 2.45) is 22.9 Å². The van der Waals surface area contributed by atoms with Crippen LogP contribution >= 0.6 is 0 Å². The van der Waals surface area contributed by atoms with Gasteiger partial charge in [-0.15, -0.1) is 6.58 Å². The van der Waals surface area contributed by atoms with Crippen molar-refractivity contribution in [2.45, 2.75) is 76.2 Å². The highest BCUT2D eigenvalue weighted by Gasteiger charge is 2.65. The first-order chi connectivity index (χ1) is 33.3. The van der Waals surface area contributed by atoms with Crippen LogP contribution in [-0.4, -0.2) is 78.4 Å². The van der Waals surface area contributed by atoms with E-state index in [0.29, 0.717) is 64.8 Å². The zero-order chi connectivity index (χ0) is 47.6. The van der Waals surface area contributed by atoms with E-state index in [2.05, 4.69) is 36.9 Å². The van der Waals surface area contributed by atoms with Gasteiger partial charge in [-0.3, -0.25) is 9.59 Å². The Labute approximate surface area is 398 Å². The van der Waals surface area contributed by atoms with Crippen LogP contribution in [0.2, 0.25) is 0 Å². The standard InChI is InChI=1S/C56H59N3O9/c1-4-29-65-56-52(59(55(63)39-21-19-37(34-57)20-22-39)35-41-16-12-15-38-13-6-7-17-45(38)41)33-49(58-66-5-2)47-31-40(14-8-10-27-60)46(18-9-11-28-61)53(54(47)56)48-32-44(24-26-51(48)68-56)67-43-23-25-50(64-3)42(30-43)36-62/h4,6-7,12-13,15-17,19-26,30-32,36,40,46,52-54,60-61H,1,5,8-11,14,18,27-29,33,35H2,2-3H3/t40-,46+,52-,53+,54+,56+/m0/s1. The summed E-state index contributed by atoms with van der Waals surface area (Å²) >= 11 is 0. The fourth-order valence-electron chi connectivity index (χ4n) is 10.6. The van der Waals surface area contributed by atoms with Crippen LogP contribution in [0.3, 0.4) is 0 Å². The maximum absolute atomic E-state index is 15.6. The highest BCUT2D eigenvalue weighted by Crippen LogP contribution is 2.62. The molecule has 5 aromatic rings. The van der Waals surface area contributed by atoms with Crippen molar-refractivity contribution in [2.75, 3.05) is 33.5 Å². The molecule has 1 heterocycles. The predicted molar refractivity (Wildman–Crippen MR) is 260 cm³/mol. The average molecular weight is 918 g/mol. The van der Waals surface area contributed by atoms with Gasteiger partial charge in [-0.2, -0.15) is 5.26 Å². The van der Waals surface area contributed by atoms with Gasteiger partial charge in [-0.05, 0) is 127 Å². The number of unbranched alkanes of at least 4 members (excludes halogenated alkanes) is 2. The van der Waals surface area contributed by atoms with Crippen LogP contribution < -0.4 is 14.2 Å². The van der Waals surface area contributed by atoms with Gasteiger partial charge in [0.1, 0.15) is 35.6 Å². The molecule has 5 aromatic carbocycles. The predicted octanol–water partition coefficient (Wildman–Crippen LogP) is 10.3. The summed E-state index contributed by atoms with van der Waals surface area (Å²) in [6.45, 7) is 6.70. The average Bonchev–Trinajstić information content (AvgIpc) is 3.37. The summed E-state index contributed by atoms with van der Waals surface area (Å²) in [5.74, 6) is -0.659. The van der Waals surface area contributed by atoms with E-state index in [0.717, 1.165) is 59.4 Å². The molecule has 8 rings (SSSR count). The van der Waals surface area contributed by atoms with Crippen LogP contribution in [-0.2, 0) is 16.1 Å². The molecule has 352 valence electrons. The first-order valence-electron chi connectivity index (χ1n) is 23.6. The Balaban J connectivity index is 1.37.